The molecule has 3 rings (SSSR count). The lowest BCUT2D eigenvalue weighted by Gasteiger charge is -2.24. The maximum absolute atomic E-state index is 6.27. The second kappa shape index (κ2) is 5.69. The number of nitrogens with zero attached hydrogens (tertiary/aromatic N) is 1. The van der Waals surface area contributed by atoms with Crippen LogP contribution in [0.3, 0.4) is 0 Å². The minimum absolute atomic E-state index is 0.490. The van der Waals surface area contributed by atoms with Crippen molar-refractivity contribution >= 4 is 16.5 Å². The summed E-state index contributed by atoms with van der Waals surface area (Å²) in [7, 11) is 0. The van der Waals surface area contributed by atoms with Crippen molar-refractivity contribution in [1.82, 2.24) is 4.90 Å². The average molecular weight is 282 g/mol. The van der Waals surface area contributed by atoms with E-state index in [4.69, 9.17) is 5.73 Å². The maximum atomic E-state index is 6.27. The highest BCUT2D eigenvalue weighted by molar-refractivity contribution is 5.86. The summed E-state index contributed by atoms with van der Waals surface area (Å²) in [4.78, 5) is 2.56. The summed E-state index contributed by atoms with van der Waals surface area (Å²) in [5.74, 6) is 0. The van der Waals surface area contributed by atoms with Gasteiger partial charge in [-0.1, -0.05) is 38.1 Å². The van der Waals surface area contributed by atoms with Crippen molar-refractivity contribution < 1.29 is 0 Å². The number of hydrogen-bond donors (Lipinski definition) is 1. The van der Waals surface area contributed by atoms with Crippen molar-refractivity contribution in [3.63, 3.8) is 0 Å². The van der Waals surface area contributed by atoms with Crippen LogP contribution in [-0.4, -0.2) is 18.0 Å². The molecule has 0 saturated carbocycles. The zero-order chi connectivity index (χ0) is 14.9. The fraction of sp³-hybridized carbons (Fsp3) is 0.474. The first-order valence-electron chi connectivity index (χ1n) is 8.03. The van der Waals surface area contributed by atoms with Gasteiger partial charge in [0.25, 0.3) is 0 Å². The molecule has 1 aliphatic heterocycles. The van der Waals surface area contributed by atoms with Gasteiger partial charge in [0, 0.05) is 12.2 Å². The van der Waals surface area contributed by atoms with Gasteiger partial charge in [-0.25, -0.2) is 0 Å². The molecule has 0 radical (unpaired) electrons. The van der Waals surface area contributed by atoms with Gasteiger partial charge in [-0.3, -0.25) is 4.90 Å². The van der Waals surface area contributed by atoms with E-state index in [2.05, 4.69) is 55.1 Å². The highest BCUT2D eigenvalue weighted by Crippen LogP contribution is 2.31. The predicted octanol–water partition coefficient (Wildman–Crippen LogP) is 4.43. The molecule has 2 aromatic carbocycles. The lowest BCUT2D eigenvalue weighted by molar-refractivity contribution is 0.256. The van der Waals surface area contributed by atoms with E-state index in [9.17, 15) is 0 Å². The van der Waals surface area contributed by atoms with E-state index >= 15 is 0 Å². The molecule has 0 aromatic heterocycles. The fourth-order valence-corrected chi connectivity index (χ4v) is 3.32. The highest BCUT2D eigenvalue weighted by atomic mass is 15.1. The number of nitrogens with two attached hydrogens (primary N) is 1. The van der Waals surface area contributed by atoms with Crippen LogP contribution in [0.15, 0.2) is 36.4 Å². The molecule has 0 spiro atoms. The number of hydrogen-bond acceptors (Lipinski definition) is 2. The topological polar surface area (TPSA) is 29.3 Å². The van der Waals surface area contributed by atoms with E-state index in [0.717, 1.165) is 12.2 Å². The predicted molar refractivity (Wildman–Crippen MR) is 91.3 cm³/mol. The molecule has 2 aromatic rings. The molecule has 2 nitrogen and oxygen atoms in total. The van der Waals surface area contributed by atoms with E-state index in [-0.39, 0.29) is 0 Å². The van der Waals surface area contributed by atoms with Crippen LogP contribution in [0.5, 0.6) is 0 Å². The summed E-state index contributed by atoms with van der Waals surface area (Å²) in [6.45, 7) is 8.13. The zero-order valence-corrected chi connectivity index (χ0v) is 13.2. The third kappa shape index (κ3) is 3.38. The van der Waals surface area contributed by atoms with Gasteiger partial charge in [0.05, 0.1) is 0 Å². The summed E-state index contributed by atoms with van der Waals surface area (Å²) in [6, 6.07) is 12.8. The monoisotopic (exact) mass is 282 g/mol. The SMILES string of the molecule is CC1(C)CCCN(Cc2cc3ccccc3cc2N)CC1. The van der Waals surface area contributed by atoms with Gasteiger partial charge < -0.3 is 5.73 Å². The van der Waals surface area contributed by atoms with Crippen LogP contribution < -0.4 is 5.73 Å². The molecule has 112 valence electrons. The Morgan fingerprint density at radius 3 is 2.52 bits per heavy atom. The minimum atomic E-state index is 0.490. The molecule has 0 atom stereocenters. The standard InChI is InChI=1S/C19H26N2/c1-19(2)8-5-10-21(11-9-19)14-17-12-15-6-3-4-7-16(15)13-18(17)20/h3-4,6-7,12-13H,5,8-11,14,20H2,1-2H3. The van der Waals surface area contributed by atoms with Crippen LogP contribution in [0.25, 0.3) is 10.8 Å². The Morgan fingerprint density at radius 2 is 1.76 bits per heavy atom. The summed E-state index contributed by atoms with van der Waals surface area (Å²) in [5, 5.41) is 2.52. The van der Waals surface area contributed by atoms with E-state index in [1.165, 1.54) is 48.7 Å². The summed E-state index contributed by atoms with van der Waals surface area (Å²) in [5.41, 5.74) is 8.96. The first kappa shape index (κ1) is 14.4. The van der Waals surface area contributed by atoms with Gasteiger partial charge in [0.1, 0.15) is 0 Å². The zero-order valence-electron chi connectivity index (χ0n) is 13.2. The molecule has 2 heteroatoms. The Balaban J connectivity index is 1.79. The lowest BCUT2D eigenvalue weighted by Crippen LogP contribution is -2.25. The van der Waals surface area contributed by atoms with Gasteiger partial charge in [-0.2, -0.15) is 0 Å². The molecule has 2 N–H and O–H groups in total. The average Bonchev–Trinajstić information content (AvgIpc) is 2.61. The number of anilines is 1. The van der Waals surface area contributed by atoms with Crippen LogP contribution in [0, 0.1) is 5.41 Å². The number of nitrogen functional groups attached to an aromatic ring is 1. The maximum Gasteiger partial charge on any atom is 0.0366 e. The number of fused-ring (bicyclic) bond motifs is 1. The van der Waals surface area contributed by atoms with Crippen molar-refractivity contribution in [2.45, 2.75) is 39.7 Å². The first-order chi connectivity index (χ1) is 10.0. The van der Waals surface area contributed by atoms with E-state index in [1.807, 2.05) is 0 Å². The molecular weight excluding hydrogens is 256 g/mol. The van der Waals surface area contributed by atoms with E-state index < -0.39 is 0 Å². The quantitative estimate of drug-likeness (QED) is 0.825. The summed E-state index contributed by atoms with van der Waals surface area (Å²) >= 11 is 0. The Labute approximate surface area is 127 Å². The van der Waals surface area contributed by atoms with Crippen LogP contribution in [0.1, 0.15) is 38.7 Å². The third-order valence-electron chi connectivity index (χ3n) is 4.83. The van der Waals surface area contributed by atoms with Crippen molar-refractivity contribution in [1.29, 1.82) is 0 Å². The van der Waals surface area contributed by atoms with Crippen LogP contribution in [0.4, 0.5) is 5.69 Å². The first-order valence-corrected chi connectivity index (χ1v) is 8.03. The van der Waals surface area contributed by atoms with Crippen molar-refractivity contribution in [3.8, 4) is 0 Å². The molecule has 1 aliphatic rings. The number of benzene rings is 2. The molecule has 21 heavy (non-hydrogen) atoms. The van der Waals surface area contributed by atoms with Crippen molar-refractivity contribution in [2.75, 3.05) is 18.8 Å². The lowest BCUT2D eigenvalue weighted by atomic mass is 9.85. The number of likely N-dealkylation sites (tertiary alicyclic amines) is 1. The smallest absolute Gasteiger partial charge is 0.0366 e. The van der Waals surface area contributed by atoms with E-state index in [0.29, 0.717) is 5.41 Å². The van der Waals surface area contributed by atoms with Gasteiger partial charge in [0.15, 0.2) is 0 Å². The fourth-order valence-electron chi connectivity index (χ4n) is 3.32. The molecule has 0 bridgehead atoms. The summed E-state index contributed by atoms with van der Waals surface area (Å²) < 4.78 is 0. The Kier molecular flexibility index (Phi) is 3.90. The molecule has 1 saturated heterocycles. The number of rotatable bonds is 2. The van der Waals surface area contributed by atoms with Crippen molar-refractivity contribution in [3.05, 3.63) is 42.0 Å². The van der Waals surface area contributed by atoms with Gasteiger partial charge >= 0.3 is 0 Å². The van der Waals surface area contributed by atoms with Crippen LogP contribution >= 0.6 is 0 Å². The molecular formula is C19H26N2. The van der Waals surface area contributed by atoms with Crippen LogP contribution in [-0.2, 0) is 6.54 Å². The van der Waals surface area contributed by atoms with Gasteiger partial charge in [-0.05, 0) is 66.2 Å². The highest BCUT2D eigenvalue weighted by Gasteiger charge is 2.23. The summed E-state index contributed by atoms with van der Waals surface area (Å²) in [6.07, 6.45) is 3.90. The van der Waals surface area contributed by atoms with E-state index in [1.54, 1.807) is 0 Å². The second-order valence-corrected chi connectivity index (χ2v) is 7.19. The normalized spacial score (nSPS) is 19.5. The molecule has 1 fully saturated rings. The Morgan fingerprint density at radius 1 is 1.05 bits per heavy atom. The molecule has 0 amide bonds. The third-order valence-corrected chi connectivity index (χ3v) is 4.83. The largest absolute Gasteiger partial charge is 0.398 e. The van der Waals surface area contributed by atoms with Crippen molar-refractivity contribution in [2.24, 2.45) is 5.41 Å². The molecule has 1 heterocycles. The van der Waals surface area contributed by atoms with Gasteiger partial charge in [-0.15, -0.1) is 0 Å². The van der Waals surface area contributed by atoms with Crippen LogP contribution in [0.2, 0.25) is 0 Å². The Bertz CT molecular complexity index is 630. The van der Waals surface area contributed by atoms with Gasteiger partial charge in [0.2, 0.25) is 0 Å². The molecule has 0 aliphatic carbocycles. The second-order valence-electron chi connectivity index (χ2n) is 7.19. The minimum Gasteiger partial charge on any atom is -0.398 e. The molecule has 0 unspecified atom stereocenters. The Hall–Kier alpha value is -1.54.